The topological polar surface area (TPSA) is 65.2 Å². The Labute approximate surface area is 158 Å². The van der Waals surface area contributed by atoms with Gasteiger partial charge in [-0.25, -0.2) is 4.98 Å². The summed E-state index contributed by atoms with van der Waals surface area (Å²) in [4.78, 5) is 19.6. The molecule has 3 aromatic rings. The third-order valence-electron chi connectivity index (χ3n) is 5.62. The van der Waals surface area contributed by atoms with Crippen molar-refractivity contribution in [1.82, 2.24) is 24.2 Å². The highest BCUT2D eigenvalue weighted by Gasteiger charge is 2.38. The largest absolute Gasteiger partial charge is 0.373 e. The molecule has 1 saturated heterocycles. The summed E-state index contributed by atoms with van der Waals surface area (Å²) < 4.78 is 9.79. The van der Waals surface area contributed by atoms with E-state index >= 15 is 0 Å². The number of imidazole rings is 1. The second-order valence-electron chi connectivity index (χ2n) is 7.27. The molecular weight excluding hydrogens is 342 g/mol. The monoisotopic (exact) mass is 367 g/mol. The first kappa shape index (κ1) is 17.7. The number of para-hydroxylation sites is 2. The minimum Gasteiger partial charge on any atom is -0.373 e. The fraction of sp³-hybridized carbons (Fsp3) is 0.450. The first-order chi connectivity index (χ1) is 13.0. The van der Waals surface area contributed by atoms with Gasteiger partial charge in [-0.2, -0.15) is 5.10 Å². The van der Waals surface area contributed by atoms with Crippen LogP contribution in [0.1, 0.15) is 29.6 Å². The van der Waals surface area contributed by atoms with E-state index in [2.05, 4.69) is 10.1 Å². The van der Waals surface area contributed by atoms with Crippen LogP contribution >= 0.6 is 0 Å². The summed E-state index contributed by atoms with van der Waals surface area (Å²) in [7, 11) is 5.74. The molecule has 1 fully saturated rings. The Morgan fingerprint density at radius 1 is 1.33 bits per heavy atom. The molecule has 0 bridgehead atoms. The molecule has 0 radical (unpaired) electrons. The Morgan fingerprint density at radius 3 is 2.81 bits per heavy atom. The molecule has 142 valence electrons. The van der Waals surface area contributed by atoms with Gasteiger partial charge in [0, 0.05) is 39.0 Å². The fourth-order valence-electron chi connectivity index (χ4n) is 3.85. The number of carbonyl (C=O) groups excluding carboxylic acids is 1. The Bertz CT molecular complexity index is 990. The number of ether oxygens (including phenoxy) is 1. The van der Waals surface area contributed by atoms with Crippen LogP contribution in [0.3, 0.4) is 0 Å². The van der Waals surface area contributed by atoms with Crippen LogP contribution in [0.2, 0.25) is 0 Å². The van der Waals surface area contributed by atoms with E-state index in [1.54, 1.807) is 4.90 Å². The van der Waals surface area contributed by atoms with E-state index in [-0.39, 0.29) is 17.9 Å². The van der Waals surface area contributed by atoms with Crippen molar-refractivity contribution in [2.24, 2.45) is 20.0 Å². The normalized spacial score (nSPS) is 19.7. The Balaban J connectivity index is 1.54. The molecule has 0 unspecified atom stereocenters. The van der Waals surface area contributed by atoms with Crippen LogP contribution < -0.4 is 0 Å². The Hall–Kier alpha value is -2.67. The van der Waals surface area contributed by atoms with Gasteiger partial charge in [-0.15, -0.1) is 0 Å². The third-order valence-corrected chi connectivity index (χ3v) is 5.62. The van der Waals surface area contributed by atoms with Gasteiger partial charge in [0.1, 0.15) is 5.82 Å². The average Bonchev–Trinajstić information content (AvgIpc) is 3.35. The summed E-state index contributed by atoms with van der Waals surface area (Å²) in [5, 5.41) is 4.30. The number of aromatic nitrogens is 4. The van der Waals surface area contributed by atoms with E-state index in [9.17, 15) is 4.79 Å². The molecule has 27 heavy (non-hydrogen) atoms. The zero-order valence-corrected chi connectivity index (χ0v) is 16.2. The molecule has 4 rings (SSSR count). The molecular formula is C20H25N5O2. The van der Waals surface area contributed by atoms with Gasteiger partial charge in [0.2, 0.25) is 5.91 Å². The third kappa shape index (κ3) is 3.02. The maximum absolute atomic E-state index is 13.2. The highest BCUT2D eigenvalue weighted by Crippen LogP contribution is 2.37. The van der Waals surface area contributed by atoms with Gasteiger partial charge in [0.05, 0.1) is 35.8 Å². The second-order valence-corrected chi connectivity index (χ2v) is 7.27. The Kier molecular flexibility index (Phi) is 4.47. The summed E-state index contributed by atoms with van der Waals surface area (Å²) >= 11 is 0. The number of fused-ring (bicyclic) bond motifs is 1. The lowest BCUT2D eigenvalue weighted by Crippen LogP contribution is -2.34. The highest BCUT2D eigenvalue weighted by atomic mass is 16.5. The number of nitrogens with zero attached hydrogens (tertiary/aromatic N) is 5. The highest BCUT2D eigenvalue weighted by molar-refractivity contribution is 5.80. The van der Waals surface area contributed by atoms with Crippen molar-refractivity contribution < 1.29 is 9.53 Å². The van der Waals surface area contributed by atoms with Gasteiger partial charge in [0.15, 0.2) is 0 Å². The zero-order chi connectivity index (χ0) is 19.1. The predicted molar refractivity (Wildman–Crippen MR) is 102 cm³/mol. The number of hydrogen-bond donors (Lipinski definition) is 0. The number of hydrogen-bond acceptors (Lipinski definition) is 4. The van der Waals surface area contributed by atoms with E-state index in [1.807, 2.05) is 67.8 Å². The van der Waals surface area contributed by atoms with Crippen LogP contribution in [0.25, 0.3) is 11.0 Å². The average molecular weight is 367 g/mol. The molecule has 1 aliphatic heterocycles. The first-order valence-electron chi connectivity index (χ1n) is 9.22. The second kappa shape index (κ2) is 6.81. The van der Waals surface area contributed by atoms with Crippen molar-refractivity contribution in [2.45, 2.75) is 26.0 Å². The van der Waals surface area contributed by atoms with Crippen molar-refractivity contribution in [3.05, 3.63) is 47.5 Å². The summed E-state index contributed by atoms with van der Waals surface area (Å²) in [6, 6.07) is 8.01. The van der Waals surface area contributed by atoms with E-state index in [4.69, 9.17) is 4.74 Å². The smallest absolute Gasteiger partial charge is 0.228 e. The number of benzene rings is 1. The van der Waals surface area contributed by atoms with Crippen molar-refractivity contribution in [3.8, 4) is 0 Å². The summed E-state index contributed by atoms with van der Waals surface area (Å²) in [6.07, 6.45) is 2.32. The molecule has 1 aromatic carbocycles. The van der Waals surface area contributed by atoms with Crippen LogP contribution in [-0.4, -0.2) is 43.8 Å². The van der Waals surface area contributed by atoms with E-state index < -0.39 is 0 Å². The van der Waals surface area contributed by atoms with Crippen LogP contribution in [0.4, 0.5) is 0 Å². The van der Waals surface area contributed by atoms with Crippen molar-refractivity contribution in [3.63, 3.8) is 0 Å². The van der Waals surface area contributed by atoms with Gasteiger partial charge in [-0.1, -0.05) is 12.1 Å². The van der Waals surface area contributed by atoms with E-state index in [0.29, 0.717) is 13.2 Å². The molecule has 0 spiro atoms. The van der Waals surface area contributed by atoms with Gasteiger partial charge < -0.3 is 14.2 Å². The standard InChI is InChI=1S/C20H25N5O2/c1-13-15(11-21-25(13)4)19-14(9-10-27-19)20(26)23(2)12-18-22-16-7-5-6-8-17(16)24(18)3/h5-8,11,14,19H,9-10,12H2,1-4H3/t14-,19-/m0/s1. The SMILES string of the molecule is Cc1c([C@H]2OCC[C@@H]2C(=O)N(C)Cc2nc3ccccc3n2C)cnn1C. The number of carbonyl (C=O) groups is 1. The van der Waals surface area contributed by atoms with Crippen LogP contribution in [0.5, 0.6) is 0 Å². The van der Waals surface area contributed by atoms with Crippen LogP contribution in [0, 0.1) is 12.8 Å². The summed E-state index contributed by atoms with van der Waals surface area (Å²) in [6.45, 7) is 3.07. The molecule has 2 atom stereocenters. The summed E-state index contributed by atoms with van der Waals surface area (Å²) in [5.74, 6) is 0.778. The Morgan fingerprint density at radius 2 is 2.11 bits per heavy atom. The molecule has 3 heterocycles. The maximum atomic E-state index is 13.2. The van der Waals surface area contributed by atoms with E-state index in [1.165, 1.54) is 0 Å². The molecule has 7 nitrogen and oxygen atoms in total. The lowest BCUT2D eigenvalue weighted by molar-refractivity contribution is -0.136. The quantitative estimate of drug-likeness (QED) is 0.710. The maximum Gasteiger partial charge on any atom is 0.228 e. The molecule has 2 aromatic heterocycles. The molecule has 0 saturated carbocycles. The molecule has 0 N–H and O–H groups in total. The molecule has 0 aliphatic carbocycles. The van der Waals surface area contributed by atoms with Crippen molar-refractivity contribution in [1.29, 1.82) is 0 Å². The fourth-order valence-corrected chi connectivity index (χ4v) is 3.85. The van der Waals surface area contributed by atoms with Crippen LogP contribution in [0.15, 0.2) is 30.5 Å². The van der Waals surface area contributed by atoms with E-state index in [0.717, 1.165) is 34.5 Å². The number of amides is 1. The van der Waals surface area contributed by atoms with Crippen LogP contribution in [-0.2, 0) is 30.2 Å². The van der Waals surface area contributed by atoms with Crippen molar-refractivity contribution >= 4 is 16.9 Å². The van der Waals surface area contributed by atoms with Gasteiger partial charge >= 0.3 is 0 Å². The summed E-state index contributed by atoms with van der Waals surface area (Å²) in [5.41, 5.74) is 4.06. The van der Waals surface area contributed by atoms with Crippen molar-refractivity contribution in [2.75, 3.05) is 13.7 Å². The lowest BCUT2D eigenvalue weighted by atomic mass is 9.94. The minimum absolute atomic E-state index is 0.0906. The minimum atomic E-state index is -0.228. The molecule has 1 amide bonds. The zero-order valence-electron chi connectivity index (χ0n) is 16.2. The first-order valence-corrected chi connectivity index (χ1v) is 9.22. The predicted octanol–water partition coefficient (Wildman–Crippen LogP) is 2.35. The van der Waals surface area contributed by atoms with Gasteiger partial charge in [0.25, 0.3) is 0 Å². The van der Waals surface area contributed by atoms with Gasteiger partial charge in [-0.3, -0.25) is 9.48 Å². The molecule has 1 aliphatic rings. The molecule has 7 heteroatoms. The van der Waals surface area contributed by atoms with Gasteiger partial charge in [-0.05, 0) is 25.5 Å². The number of rotatable bonds is 4. The lowest BCUT2D eigenvalue weighted by Gasteiger charge is -2.24. The number of aryl methyl sites for hydroxylation is 2.